The van der Waals surface area contributed by atoms with Crippen LogP contribution < -0.4 is 10.4 Å². The molecule has 1 aliphatic heterocycles. The summed E-state index contributed by atoms with van der Waals surface area (Å²) in [5.41, 5.74) is 0.572. The van der Waals surface area contributed by atoms with Crippen molar-refractivity contribution in [3.05, 3.63) is 46.5 Å². The minimum absolute atomic E-state index is 0.299. The number of allylic oxidation sites excluding steroid dienone is 1. The molecule has 1 aromatic rings. The van der Waals surface area contributed by atoms with Gasteiger partial charge in [0.25, 0.3) is 0 Å². The van der Waals surface area contributed by atoms with Gasteiger partial charge in [-0.3, -0.25) is 4.99 Å². The Kier molecular flexibility index (Phi) is 3.50. The molecule has 0 aliphatic carbocycles. The molecule has 1 heterocycles. The van der Waals surface area contributed by atoms with Crippen molar-refractivity contribution in [1.29, 1.82) is 0 Å². The summed E-state index contributed by atoms with van der Waals surface area (Å²) < 4.78 is 5.03. The smallest absolute Gasteiger partial charge is 0.338 e. The number of fused-ring (bicyclic) bond motifs is 1. The number of esters is 1. The maximum Gasteiger partial charge on any atom is 0.338 e. The van der Waals surface area contributed by atoms with Crippen molar-refractivity contribution in [1.82, 2.24) is 0 Å². The number of aliphatic imine (C=N–C) groups is 1. The summed E-state index contributed by atoms with van der Waals surface area (Å²) in [5.74, 6) is -0.299. The Labute approximate surface area is 99.4 Å². The summed E-state index contributed by atoms with van der Waals surface area (Å²) >= 11 is 0. The maximum absolute atomic E-state index is 11.8. The van der Waals surface area contributed by atoms with Gasteiger partial charge in [0.05, 0.1) is 12.2 Å². The Balaban J connectivity index is 2.64. The van der Waals surface area contributed by atoms with E-state index in [0.29, 0.717) is 12.2 Å². The summed E-state index contributed by atoms with van der Waals surface area (Å²) in [6, 6.07) is 5.57. The van der Waals surface area contributed by atoms with Gasteiger partial charge in [-0.05, 0) is 35.6 Å². The molecule has 0 saturated heterocycles. The van der Waals surface area contributed by atoms with Gasteiger partial charge in [0.2, 0.25) is 0 Å². The van der Waals surface area contributed by atoms with E-state index in [1.54, 1.807) is 25.4 Å². The number of hydrogen-bond donors (Lipinski definition) is 0. The van der Waals surface area contributed by atoms with Crippen molar-refractivity contribution in [3.8, 4) is 0 Å². The van der Waals surface area contributed by atoms with Gasteiger partial charge in [-0.25, -0.2) is 4.79 Å². The molecule has 17 heavy (non-hydrogen) atoms. The van der Waals surface area contributed by atoms with Crippen LogP contribution >= 0.6 is 0 Å². The summed E-state index contributed by atoms with van der Waals surface area (Å²) in [4.78, 5) is 15.8. The fraction of sp³-hybridized carbons (Fsp3) is 0.143. The van der Waals surface area contributed by atoms with E-state index in [2.05, 4.69) is 4.99 Å². The standard InChI is InChI=1S/C14H13NO2/c1-2-17-14(16)13-7-3-5-11-6-4-9-15-10-8-12(11)13/h3-10H,2H2,1H3/b6-4?,9-4-,10-8?,11-6-,12-8+,15-9?,15-10-. The minimum atomic E-state index is -0.299. The van der Waals surface area contributed by atoms with Gasteiger partial charge in [0.15, 0.2) is 0 Å². The zero-order valence-corrected chi connectivity index (χ0v) is 9.59. The van der Waals surface area contributed by atoms with Crippen LogP contribution in [0.3, 0.4) is 0 Å². The van der Waals surface area contributed by atoms with Crippen LogP contribution in [0.15, 0.2) is 35.5 Å². The first-order valence-electron chi connectivity index (χ1n) is 5.49. The van der Waals surface area contributed by atoms with Crippen LogP contribution in [-0.2, 0) is 4.74 Å². The van der Waals surface area contributed by atoms with Gasteiger partial charge >= 0.3 is 5.97 Å². The van der Waals surface area contributed by atoms with Crippen LogP contribution in [0, 0.1) is 0 Å². The molecule has 0 saturated carbocycles. The highest BCUT2D eigenvalue weighted by Crippen LogP contribution is 1.94. The number of nitrogens with zero attached hydrogens (tertiary/aromatic N) is 1. The third kappa shape index (κ3) is 2.50. The molecule has 0 fully saturated rings. The summed E-state index contributed by atoms with van der Waals surface area (Å²) in [6.07, 6.45) is 8.96. The molecule has 0 atom stereocenters. The van der Waals surface area contributed by atoms with Gasteiger partial charge in [0.1, 0.15) is 0 Å². The fourth-order valence-electron chi connectivity index (χ4n) is 1.66. The number of carbonyl (C=O) groups is 1. The van der Waals surface area contributed by atoms with E-state index in [-0.39, 0.29) is 5.97 Å². The molecular weight excluding hydrogens is 214 g/mol. The molecular formula is C14H13NO2. The number of carbonyl (C=O) groups excluding carboxylic acids is 1. The maximum atomic E-state index is 11.8. The Hall–Kier alpha value is -2.16. The molecule has 0 aromatic heterocycles. The summed E-state index contributed by atoms with van der Waals surface area (Å²) in [6.45, 7) is 2.17. The fourth-order valence-corrected chi connectivity index (χ4v) is 1.66. The second-order valence-electron chi connectivity index (χ2n) is 3.50. The van der Waals surface area contributed by atoms with Crippen LogP contribution in [0.4, 0.5) is 0 Å². The van der Waals surface area contributed by atoms with Gasteiger partial charge < -0.3 is 4.74 Å². The van der Waals surface area contributed by atoms with E-state index in [4.69, 9.17) is 4.74 Å². The monoisotopic (exact) mass is 227 g/mol. The highest BCUT2D eigenvalue weighted by atomic mass is 16.5. The van der Waals surface area contributed by atoms with Crippen LogP contribution in [0.5, 0.6) is 0 Å². The molecule has 0 N–H and O–H groups in total. The summed E-state index contributed by atoms with van der Waals surface area (Å²) in [5, 5.41) is 1.83. The summed E-state index contributed by atoms with van der Waals surface area (Å²) in [7, 11) is 0. The Morgan fingerprint density at radius 1 is 1.35 bits per heavy atom. The third-order valence-electron chi connectivity index (χ3n) is 2.41. The lowest BCUT2D eigenvalue weighted by Gasteiger charge is -2.03. The lowest BCUT2D eigenvalue weighted by Crippen LogP contribution is -2.31. The molecule has 0 amide bonds. The van der Waals surface area contributed by atoms with E-state index in [1.165, 1.54) is 0 Å². The van der Waals surface area contributed by atoms with E-state index >= 15 is 0 Å². The Morgan fingerprint density at radius 3 is 3.06 bits per heavy atom. The largest absolute Gasteiger partial charge is 0.462 e. The number of benzene rings is 1. The van der Waals surface area contributed by atoms with Crippen LogP contribution in [0.1, 0.15) is 17.3 Å². The molecule has 86 valence electrons. The highest BCUT2D eigenvalue weighted by Gasteiger charge is 2.07. The molecule has 2 rings (SSSR count). The lowest BCUT2D eigenvalue weighted by molar-refractivity contribution is 0.0525. The van der Waals surface area contributed by atoms with Gasteiger partial charge in [-0.2, -0.15) is 0 Å². The first-order chi connectivity index (χ1) is 8.33. The lowest BCUT2D eigenvalue weighted by atomic mass is 10.1. The molecule has 1 aliphatic rings. The molecule has 0 bridgehead atoms. The molecule has 0 radical (unpaired) electrons. The van der Waals surface area contributed by atoms with Crippen molar-refractivity contribution < 1.29 is 9.53 Å². The zero-order chi connectivity index (χ0) is 12.1. The molecule has 3 nitrogen and oxygen atoms in total. The van der Waals surface area contributed by atoms with Gasteiger partial charge in [-0.15, -0.1) is 0 Å². The second-order valence-corrected chi connectivity index (χ2v) is 3.50. The quantitative estimate of drug-likeness (QED) is 0.708. The van der Waals surface area contributed by atoms with E-state index in [9.17, 15) is 4.79 Å². The van der Waals surface area contributed by atoms with Gasteiger partial charge in [0, 0.05) is 12.4 Å². The van der Waals surface area contributed by atoms with Crippen LogP contribution in [0.2, 0.25) is 0 Å². The Morgan fingerprint density at radius 2 is 2.24 bits per heavy atom. The van der Waals surface area contributed by atoms with E-state index in [1.807, 2.05) is 30.4 Å². The minimum Gasteiger partial charge on any atom is -0.462 e. The van der Waals surface area contributed by atoms with Crippen LogP contribution in [0.25, 0.3) is 12.2 Å². The second kappa shape index (κ2) is 5.25. The highest BCUT2D eigenvalue weighted by molar-refractivity contribution is 5.96. The number of ether oxygens (including phenoxy) is 1. The van der Waals surface area contributed by atoms with Gasteiger partial charge in [-0.1, -0.05) is 18.2 Å². The molecule has 0 spiro atoms. The third-order valence-corrected chi connectivity index (χ3v) is 2.41. The van der Waals surface area contributed by atoms with Crippen molar-refractivity contribution in [3.63, 3.8) is 0 Å². The SMILES string of the molecule is CCOC(=O)c1cccc2/c1=C\C=N/C=C\C=2. The average molecular weight is 227 g/mol. The zero-order valence-electron chi connectivity index (χ0n) is 9.59. The topological polar surface area (TPSA) is 38.7 Å². The van der Waals surface area contributed by atoms with Crippen LogP contribution in [-0.4, -0.2) is 18.8 Å². The van der Waals surface area contributed by atoms with Crippen molar-refractivity contribution in [2.24, 2.45) is 4.99 Å². The average Bonchev–Trinajstić information content (AvgIpc) is 2.29. The Bertz CT molecular complexity index is 597. The molecule has 0 unspecified atom stereocenters. The molecule has 1 aromatic carbocycles. The predicted octanol–water partition coefficient (Wildman–Crippen LogP) is 1.02. The first-order valence-corrected chi connectivity index (χ1v) is 5.49. The van der Waals surface area contributed by atoms with E-state index < -0.39 is 0 Å². The van der Waals surface area contributed by atoms with Crippen molar-refractivity contribution in [2.45, 2.75) is 6.92 Å². The van der Waals surface area contributed by atoms with Crippen molar-refractivity contribution >= 4 is 24.3 Å². The van der Waals surface area contributed by atoms with Crippen molar-refractivity contribution in [2.75, 3.05) is 6.61 Å². The predicted molar refractivity (Wildman–Crippen MR) is 68.2 cm³/mol. The number of hydrogen-bond acceptors (Lipinski definition) is 3. The number of rotatable bonds is 2. The first kappa shape index (κ1) is 11.3. The normalized spacial score (nSPS) is 20.5. The van der Waals surface area contributed by atoms with E-state index in [0.717, 1.165) is 10.4 Å². The molecule has 3 heteroatoms.